The van der Waals surface area contributed by atoms with Gasteiger partial charge in [0.25, 0.3) is 0 Å². The molecule has 0 rings (SSSR count). The highest BCUT2D eigenvalue weighted by Gasteiger charge is 2.09. The standard InChI is InChI=1S/C30H62S/c1-4-7-9-11-13-15-17-19-21-23-25-30(27-29-31-28-6-3)26-24-22-20-18-16-14-12-10-8-5-2/h30H,4-29H2,1-3H3. The van der Waals surface area contributed by atoms with Gasteiger partial charge in [-0.2, -0.15) is 11.8 Å². The van der Waals surface area contributed by atoms with E-state index in [2.05, 4.69) is 32.5 Å². The van der Waals surface area contributed by atoms with Crippen molar-refractivity contribution in [3.8, 4) is 0 Å². The predicted molar refractivity (Wildman–Crippen MR) is 149 cm³/mol. The van der Waals surface area contributed by atoms with Crippen LogP contribution in [0.4, 0.5) is 0 Å². The van der Waals surface area contributed by atoms with Crippen LogP contribution in [0.5, 0.6) is 0 Å². The molecule has 0 heterocycles. The highest BCUT2D eigenvalue weighted by molar-refractivity contribution is 7.99. The van der Waals surface area contributed by atoms with Gasteiger partial charge in [-0.1, -0.05) is 162 Å². The van der Waals surface area contributed by atoms with Gasteiger partial charge in [-0.05, 0) is 30.3 Å². The van der Waals surface area contributed by atoms with Crippen molar-refractivity contribution in [2.75, 3.05) is 11.5 Å². The van der Waals surface area contributed by atoms with Gasteiger partial charge >= 0.3 is 0 Å². The Morgan fingerprint density at radius 3 is 1.06 bits per heavy atom. The van der Waals surface area contributed by atoms with E-state index in [0.29, 0.717) is 0 Å². The summed E-state index contributed by atoms with van der Waals surface area (Å²) in [4.78, 5) is 0. The smallest absolute Gasteiger partial charge is 0.00649 e. The Labute approximate surface area is 203 Å². The van der Waals surface area contributed by atoms with Gasteiger partial charge in [0.15, 0.2) is 0 Å². The molecule has 0 atom stereocenters. The number of hydrogen-bond donors (Lipinski definition) is 0. The first-order valence-corrected chi connectivity index (χ1v) is 16.1. The molecule has 0 saturated heterocycles. The van der Waals surface area contributed by atoms with Crippen molar-refractivity contribution in [3.63, 3.8) is 0 Å². The molecule has 0 fully saturated rings. The Hall–Kier alpha value is 0.350. The van der Waals surface area contributed by atoms with Gasteiger partial charge in [0, 0.05) is 0 Å². The molecule has 1 heteroatoms. The topological polar surface area (TPSA) is 0 Å². The lowest BCUT2D eigenvalue weighted by molar-refractivity contribution is 0.394. The summed E-state index contributed by atoms with van der Waals surface area (Å²) in [5, 5.41) is 0. The molecule has 0 saturated carbocycles. The molecule has 0 amide bonds. The molecule has 0 aromatic carbocycles. The Morgan fingerprint density at radius 2 is 0.710 bits per heavy atom. The van der Waals surface area contributed by atoms with E-state index in [0.717, 1.165) is 5.92 Å². The highest BCUT2D eigenvalue weighted by atomic mass is 32.2. The lowest BCUT2D eigenvalue weighted by Gasteiger charge is -2.17. The third kappa shape index (κ3) is 26.5. The monoisotopic (exact) mass is 454 g/mol. The molecular weight excluding hydrogens is 392 g/mol. The maximum atomic E-state index is 2.32. The van der Waals surface area contributed by atoms with Crippen LogP contribution in [0.3, 0.4) is 0 Å². The van der Waals surface area contributed by atoms with E-state index >= 15 is 0 Å². The van der Waals surface area contributed by atoms with Crippen LogP contribution in [0.2, 0.25) is 0 Å². The molecule has 0 nitrogen and oxygen atoms in total. The van der Waals surface area contributed by atoms with Crippen molar-refractivity contribution in [3.05, 3.63) is 0 Å². The fourth-order valence-corrected chi connectivity index (χ4v) is 5.76. The zero-order chi connectivity index (χ0) is 22.7. The molecule has 0 aliphatic carbocycles. The molecule has 0 aliphatic rings. The highest BCUT2D eigenvalue weighted by Crippen LogP contribution is 2.24. The summed E-state index contributed by atoms with van der Waals surface area (Å²) in [6.45, 7) is 6.94. The summed E-state index contributed by atoms with van der Waals surface area (Å²) >= 11 is 2.20. The first kappa shape index (κ1) is 31.4. The molecule has 0 spiro atoms. The zero-order valence-electron chi connectivity index (χ0n) is 22.4. The van der Waals surface area contributed by atoms with Gasteiger partial charge in [-0.25, -0.2) is 0 Å². The van der Waals surface area contributed by atoms with Gasteiger partial charge in [0.05, 0.1) is 0 Å². The molecule has 0 aliphatic heterocycles. The summed E-state index contributed by atoms with van der Waals surface area (Å²) in [5.41, 5.74) is 0. The van der Waals surface area contributed by atoms with E-state index in [1.54, 1.807) is 0 Å². The fraction of sp³-hybridized carbons (Fsp3) is 1.00. The van der Waals surface area contributed by atoms with E-state index < -0.39 is 0 Å². The average molecular weight is 455 g/mol. The van der Waals surface area contributed by atoms with Crippen molar-refractivity contribution >= 4 is 11.8 Å². The van der Waals surface area contributed by atoms with Crippen molar-refractivity contribution in [1.29, 1.82) is 0 Å². The predicted octanol–water partition coefficient (Wildman–Crippen LogP) is 11.8. The van der Waals surface area contributed by atoms with Crippen LogP contribution in [0.15, 0.2) is 0 Å². The van der Waals surface area contributed by atoms with Crippen LogP contribution in [0, 0.1) is 5.92 Å². The van der Waals surface area contributed by atoms with Crippen molar-refractivity contribution < 1.29 is 0 Å². The summed E-state index contributed by atoms with van der Waals surface area (Å²) in [6, 6.07) is 0. The van der Waals surface area contributed by atoms with E-state index in [4.69, 9.17) is 0 Å². The summed E-state index contributed by atoms with van der Waals surface area (Å²) < 4.78 is 0. The minimum absolute atomic E-state index is 1.02. The number of thioether (sulfide) groups is 1. The maximum Gasteiger partial charge on any atom is -0.00649 e. The van der Waals surface area contributed by atoms with E-state index in [1.807, 2.05) is 0 Å². The molecule has 0 aromatic rings. The van der Waals surface area contributed by atoms with E-state index in [-0.39, 0.29) is 0 Å². The number of rotatable bonds is 27. The van der Waals surface area contributed by atoms with Crippen molar-refractivity contribution in [1.82, 2.24) is 0 Å². The quantitative estimate of drug-likeness (QED) is 0.111. The Kier molecular flexibility index (Phi) is 28.7. The molecule has 0 N–H and O–H groups in total. The SMILES string of the molecule is CCCCCCCCCCCCC(CCCCCCCCCCCC)CCSCCC. The van der Waals surface area contributed by atoms with Gasteiger partial charge in [-0.15, -0.1) is 0 Å². The van der Waals surface area contributed by atoms with Crippen LogP contribution in [-0.2, 0) is 0 Å². The second kappa shape index (κ2) is 28.4. The van der Waals surface area contributed by atoms with Crippen LogP contribution < -0.4 is 0 Å². The normalized spacial score (nSPS) is 11.6. The molecule has 0 unspecified atom stereocenters. The second-order valence-corrected chi connectivity index (χ2v) is 11.4. The van der Waals surface area contributed by atoms with E-state index in [9.17, 15) is 0 Å². The summed E-state index contributed by atoms with van der Waals surface area (Å²) in [6.07, 6.45) is 35.2. The van der Waals surface area contributed by atoms with Crippen LogP contribution >= 0.6 is 11.8 Å². The Balaban J connectivity index is 3.68. The van der Waals surface area contributed by atoms with Gasteiger partial charge < -0.3 is 0 Å². The lowest BCUT2D eigenvalue weighted by atomic mass is 9.92. The first-order valence-electron chi connectivity index (χ1n) is 14.9. The van der Waals surface area contributed by atoms with E-state index in [1.165, 1.54) is 166 Å². The Bertz CT molecular complexity index is 277. The average Bonchev–Trinajstić information content (AvgIpc) is 2.78. The molecule has 0 radical (unpaired) electrons. The molecule has 31 heavy (non-hydrogen) atoms. The van der Waals surface area contributed by atoms with Crippen molar-refractivity contribution in [2.45, 2.75) is 175 Å². The number of hydrogen-bond acceptors (Lipinski definition) is 1. The minimum Gasteiger partial charge on any atom is -0.162 e. The largest absolute Gasteiger partial charge is 0.162 e. The fourth-order valence-electron chi connectivity index (χ4n) is 4.77. The summed E-state index contributed by atoms with van der Waals surface area (Å²) in [7, 11) is 0. The lowest BCUT2D eigenvalue weighted by Crippen LogP contribution is -2.03. The molecular formula is C30H62S. The first-order chi connectivity index (χ1) is 15.3. The third-order valence-corrected chi connectivity index (χ3v) is 8.17. The van der Waals surface area contributed by atoms with Gasteiger partial charge in [-0.3, -0.25) is 0 Å². The molecule has 0 bridgehead atoms. The zero-order valence-corrected chi connectivity index (χ0v) is 23.2. The third-order valence-electron chi connectivity index (χ3n) is 6.95. The summed E-state index contributed by atoms with van der Waals surface area (Å²) in [5.74, 6) is 3.80. The molecule has 0 aromatic heterocycles. The minimum atomic E-state index is 1.02. The second-order valence-electron chi connectivity index (χ2n) is 10.2. The van der Waals surface area contributed by atoms with Gasteiger partial charge in [0.2, 0.25) is 0 Å². The molecule has 188 valence electrons. The van der Waals surface area contributed by atoms with Crippen molar-refractivity contribution in [2.24, 2.45) is 5.92 Å². The maximum absolute atomic E-state index is 2.32. The van der Waals surface area contributed by atoms with Crippen LogP contribution in [0.1, 0.15) is 175 Å². The Morgan fingerprint density at radius 1 is 0.355 bits per heavy atom. The van der Waals surface area contributed by atoms with Gasteiger partial charge in [0.1, 0.15) is 0 Å². The number of unbranched alkanes of at least 4 members (excludes halogenated alkanes) is 18. The van der Waals surface area contributed by atoms with Crippen LogP contribution in [-0.4, -0.2) is 11.5 Å². The van der Waals surface area contributed by atoms with Crippen LogP contribution in [0.25, 0.3) is 0 Å².